The number of anilines is 1. The molecule has 0 radical (unpaired) electrons. The largest absolute Gasteiger partial charge is 0.497 e. The van der Waals surface area contributed by atoms with Crippen molar-refractivity contribution in [2.45, 2.75) is 38.5 Å². The zero-order valence-corrected chi connectivity index (χ0v) is 18.3. The van der Waals surface area contributed by atoms with Gasteiger partial charge in [-0.3, -0.25) is 9.59 Å². The van der Waals surface area contributed by atoms with Crippen molar-refractivity contribution in [2.24, 2.45) is 5.92 Å². The number of hydrogen-bond acceptors (Lipinski definition) is 5. The van der Waals surface area contributed by atoms with Crippen molar-refractivity contribution < 1.29 is 19.1 Å². The molecule has 0 bridgehead atoms. The lowest BCUT2D eigenvalue weighted by molar-refractivity contribution is -0.120. The molecule has 2 aliphatic rings. The Morgan fingerprint density at radius 1 is 1.10 bits per heavy atom. The van der Waals surface area contributed by atoms with Crippen LogP contribution >= 0.6 is 11.3 Å². The highest BCUT2D eigenvalue weighted by atomic mass is 32.1. The zero-order valence-electron chi connectivity index (χ0n) is 17.5. The average molecular weight is 429 g/mol. The first-order chi connectivity index (χ1) is 14.6. The summed E-state index contributed by atoms with van der Waals surface area (Å²) in [6.07, 6.45) is 5.69. The lowest BCUT2D eigenvalue weighted by Crippen LogP contribution is -2.35. The fraction of sp³-hybridized carbons (Fsp3) is 0.478. The molecule has 1 atom stereocenters. The summed E-state index contributed by atoms with van der Waals surface area (Å²) >= 11 is 1.61. The molecule has 0 spiro atoms. The van der Waals surface area contributed by atoms with E-state index < -0.39 is 0 Å². The molecule has 1 saturated heterocycles. The second kappa shape index (κ2) is 9.08. The number of nitrogens with zero attached hydrogens (tertiary/aromatic N) is 1. The summed E-state index contributed by atoms with van der Waals surface area (Å²) in [5.74, 6) is 1.27. The second-order valence-electron chi connectivity index (χ2n) is 7.91. The fourth-order valence-corrected chi connectivity index (χ4v) is 5.42. The molecule has 4 rings (SSSR count). The van der Waals surface area contributed by atoms with E-state index in [1.54, 1.807) is 43.8 Å². The number of methoxy groups -OCH3 is 2. The summed E-state index contributed by atoms with van der Waals surface area (Å²) in [7, 11) is 3.17. The standard InChI is InChI=1S/C23H28N2O4S/c1-28-17-7-8-18(19(14-17)29-2)24-22(26)15-6-9-20-16(12-15)13-21(30-20)23(27)25-10-4-3-5-11-25/h7-8,13-15H,3-6,9-12H2,1-2H3,(H,24,26)/t15-/m0/s1. The summed E-state index contributed by atoms with van der Waals surface area (Å²) in [4.78, 5) is 29.8. The molecule has 1 aromatic carbocycles. The summed E-state index contributed by atoms with van der Waals surface area (Å²) in [5, 5.41) is 3.00. The van der Waals surface area contributed by atoms with E-state index in [0.29, 0.717) is 23.6 Å². The Morgan fingerprint density at radius 3 is 2.63 bits per heavy atom. The number of aryl methyl sites for hydroxylation is 1. The smallest absolute Gasteiger partial charge is 0.263 e. The molecule has 2 heterocycles. The molecule has 30 heavy (non-hydrogen) atoms. The third-order valence-electron chi connectivity index (χ3n) is 5.97. The highest BCUT2D eigenvalue weighted by Gasteiger charge is 2.29. The van der Waals surface area contributed by atoms with Gasteiger partial charge in [-0.15, -0.1) is 11.3 Å². The fourth-order valence-electron chi connectivity index (χ4n) is 4.24. The van der Waals surface area contributed by atoms with Crippen molar-refractivity contribution in [3.05, 3.63) is 39.6 Å². The van der Waals surface area contributed by atoms with E-state index >= 15 is 0 Å². The van der Waals surface area contributed by atoms with Crippen LogP contribution in [0.3, 0.4) is 0 Å². The third kappa shape index (κ3) is 4.31. The first-order valence-corrected chi connectivity index (χ1v) is 11.3. The highest BCUT2D eigenvalue weighted by Crippen LogP contribution is 2.35. The Hall–Kier alpha value is -2.54. The first-order valence-electron chi connectivity index (χ1n) is 10.5. The summed E-state index contributed by atoms with van der Waals surface area (Å²) in [6, 6.07) is 7.37. The van der Waals surface area contributed by atoms with E-state index in [0.717, 1.165) is 49.2 Å². The number of amides is 2. The number of thiophene rings is 1. The van der Waals surface area contributed by atoms with Gasteiger partial charge in [0.25, 0.3) is 5.91 Å². The third-order valence-corrected chi connectivity index (χ3v) is 7.20. The van der Waals surface area contributed by atoms with Gasteiger partial charge >= 0.3 is 0 Å². The van der Waals surface area contributed by atoms with Crippen LogP contribution in [-0.4, -0.2) is 44.0 Å². The maximum atomic E-state index is 12.9. The van der Waals surface area contributed by atoms with E-state index in [1.807, 2.05) is 11.0 Å². The number of carbonyl (C=O) groups is 2. The van der Waals surface area contributed by atoms with Gasteiger partial charge in [-0.1, -0.05) is 0 Å². The van der Waals surface area contributed by atoms with Gasteiger partial charge in [0.05, 0.1) is 24.8 Å². The minimum Gasteiger partial charge on any atom is -0.497 e. The Balaban J connectivity index is 1.43. The van der Waals surface area contributed by atoms with E-state index in [-0.39, 0.29) is 17.7 Å². The van der Waals surface area contributed by atoms with Gasteiger partial charge in [-0.25, -0.2) is 0 Å². The molecule has 6 nitrogen and oxygen atoms in total. The minimum atomic E-state index is -0.114. The number of fused-ring (bicyclic) bond motifs is 1. The number of rotatable bonds is 5. The van der Waals surface area contributed by atoms with Gasteiger partial charge < -0.3 is 19.7 Å². The topological polar surface area (TPSA) is 67.9 Å². The molecule has 160 valence electrons. The maximum absolute atomic E-state index is 12.9. The van der Waals surface area contributed by atoms with E-state index in [2.05, 4.69) is 5.32 Å². The van der Waals surface area contributed by atoms with Crippen molar-refractivity contribution in [1.29, 1.82) is 0 Å². The Morgan fingerprint density at radius 2 is 1.90 bits per heavy atom. The number of likely N-dealkylation sites (tertiary alicyclic amines) is 1. The van der Waals surface area contributed by atoms with E-state index in [9.17, 15) is 9.59 Å². The molecule has 2 aromatic rings. The summed E-state index contributed by atoms with van der Waals surface area (Å²) < 4.78 is 10.6. The van der Waals surface area contributed by atoms with Crippen molar-refractivity contribution in [2.75, 3.05) is 32.6 Å². The molecule has 7 heteroatoms. The van der Waals surface area contributed by atoms with Crippen LogP contribution in [0, 0.1) is 5.92 Å². The van der Waals surface area contributed by atoms with Crippen LogP contribution in [0.4, 0.5) is 5.69 Å². The molecule has 1 N–H and O–H groups in total. The van der Waals surface area contributed by atoms with Gasteiger partial charge in [-0.2, -0.15) is 0 Å². The molecule has 1 aliphatic carbocycles. The van der Waals surface area contributed by atoms with Gasteiger partial charge in [-0.05, 0) is 62.3 Å². The van der Waals surface area contributed by atoms with E-state index in [1.165, 1.54) is 11.3 Å². The van der Waals surface area contributed by atoms with Crippen LogP contribution in [0.5, 0.6) is 11.5 Å². The highest BCUT2D eigenvalue weighted by molar-refractivity contribution is 7.14. The van der Waals surface area contributed by atoms with Gasteiger partial charge in [0.15, 0.2) is 0 Å². The Kier molecular flexibility index (Phi) is 6.27. The predicted molar refractivity (Wildman–Crippen MR) is 118 cm³/mol. The SMILES string of the molecule is COc1ccc(NC(=O)[C@H]2CCc3sc(C(=O)N4CCCCC4)cc3C2)c(OC)c1. The number of ether oxygens (including phenoxy) is 2. The normalized spacial score (nSPS) is 18.5. The molecule has 0 saturated carbocycles. The average Bonchev–Trinajstić information content (AvgIpc) is 3.22. The quantitative estimate of drug-likeness (QED) is 0.777. The zero-order chi connectivity index (χ0) is 21.1. The number of carbonyl (C=O) groups excluding carboxylic acids is 2. The Labute approximate surface area is 181 Å². The molecule has 2 amide bonds. The van der Waals surface area contributed by atoms with Crippen molar-refractivity contribution in [3.63, 3.8) is 0 Å². The van der Waals surface area contributed by atoms with E-state index in [4.69, 9.17) is 9.47 Å². The Bertz CT molecular complexity index is 933. The van der Waals surface area contributed by atoms with Gasteiger partial charge in [0.2, 0.25) is 5.91 Å². The molecule has 0 unspecified atom stereocenters. The molecular formula is C23H28N2O4S. The van der Waals surface area contributed by atoms with Gasteiger partial charge in [0.1, 0.15) is 11.5 Å². The van der Waals surface area contributed by atoms with Crippen molar-refractivity contribution >= 4 is 28.8 Å². The lowest BCUT2D eigenvalue weighted by atomic mass is 9.87. The number of hydrogen-bond donors (Lipinski definition) is 1. The predicted octanol–water partition coefficient (Wildman–Crippen LogP) is 4.14. The number of piperidine rings is 1. The van der Waals surface area contributed by atoms with Crippen LogP contribution in [0.15, 0.2) is 24.3 Å². The van der Waals surface area contributed by atoms with Crippen LogP contribution in [0.2, 0.25) is 0 Å². The maximum Gasteiger partial charge on any atom is 0.263 e. The van der Waals surface area contributed by atoms with Crippen LogP contribution in [0.1, 0.15) is 45.8 Å². The van der Waals surface area contributed by atoms with Crippen LogP contribution in [0.25, 0.3) is 0 Å². The molecule has 1 aromatic heterocycles. The number of nitrogens with one attached hydrogen (secondary N) is 1. The van der Waals surface area contributed by atoms with Crippen LogP contribution < -0.4 is 14.8 Å². The minimum absolute atomic E-state index is 0.0146. The monoisotopic (exact) mass is 428 g/mol. The molecule has 1 fully saturated rings. The molecular weight excluding hydrogens is 400 g/mol. The summed E-state index contributed by atoms with van der Waals surface area (Å²) in [5.41, 5.74) is 1.79. The second-order valence-corrected chi connectivity index (χ2v) is 9.04. The van der Waals surface area contributed by atoms with Crippen molar-refractivity contribution in [3.8, 4) is 11.5 Å². The number of benzene rings is 1. The van der Waals surface area contributed by atoms with Gasteiger partial charge in [0, 0.05) is 30.0 Å². The first kappa shape index (κ1) is 20.7. The lowest BCUT2D eigenvalue weighted by Gasteiger charge is -2.26. The molecule has 1 aliphatic heterocycles. The van der Waals surface area contributed by atoms with Crippen molar-refractivity contribution in [1.82, 2.24) is 4.90 Å². The van der Waals surface area contributed by atoms with Crippen LogP contribution in [-0.2, 0) is 17.6 Å². The summed E-state index contributed by atoms with van der Waals surface area (Å²) in [6.45, 7) is 1.71.